The topological polar surface area (TPSA) is 63.6 Å². The molecule has 2 fully saturated rings. The smallest absolute Gasteiger partial charge is 0.334 e. The van der Waals surface area contributed by atoms with Crippen LogP contribution in [0.2, 0.25) is 0 Å². The van der Waals surface area contributed by atoms with Crippen LogP contribution in [0.5, 0.6) is 0 Å². The quantitative estimate of drug-likeness (QED) is 0.513. The highest BCUT2D eigenvalue weighted by molar-refractivity contribution is 5.96. The van der Waals surface area contributed by atoms with Gasteiger partial charge in [0.15, 0.2) is 5.78 Å². The van der Waals surface area contributed by atoms with E-state index < -0.39 is 11.5 Å². The first-order valence-electron chi connectivity index (χ1n) is 6.28. The second kappa shape index (κ2) is 3.54. The highest BCUT2D eigenvalue weighted by Gasteiger charge is 2.54. The summed E-state index contributed by atoms with van der Waals surface area (Å²) in [5.41, 5.74) is -0.648. The minimum absolute atomic E-state index is 0.0582. The van der Waals surface area contributed by atoms with Gasteiger partial charge in [-0.2, -0.15) is 0 Å². The lowest BCUT2D eigenvalue weighted by Crippen LogP contribution is -2.41. The van der Waals surface area contributed by atoms with Gasteiger partial charge in [0, 0.05) is 11.5 Å². The second-order valence-corrected chi connectivity index (χ2v) is 5.62. The monoisotopic (exact) mass is 248 g/mol. The molecular weight excluding hydrogens is 232 g/mol. The first-order chi connectivity index (χ1) is 8.43. The molecule has 0 aromatic carbocycles. The van der Waals surface area contributed by atoms with Crippen molar-refractivity contribution in [2.24, 2.45) is 17.8 Å². The van der Waals surface area contributed by atoms with Crippen molar-refractivity contribution >= 4 is 11.8 Å². The molecule has 1 saturated heterocycles. The molecular formula is C14H16O4. The summed E-state index contributed by atoms with van der Waals surface area (Å²) in [5.74, 6) is -1.13. The zero-order valence-electron chi connectivity index (χ0n) is 10.3. The summed E-state index contributed by atoms with van der Waals surface area (Å²) in [4.78, 5) is 23.4. The molecule has 3 rings (SSSR count). The van der Waals surface area contributed by atoms with Crippen molar-refractivity contribution < 1.29 is 19.4 Å². The van der Waals surface area contributed by atoms with Crippen LogP contribution in [-0.4, -0.2) is 28.6 Å². The van der Waals surface area contributed by atoms with Crippen LogP contribution in [-0.2, 0) is 14.3 Å². The molecule has 4 heteroatoms. The molecule has 0 bridgehead atoms. The van der Waals surface area contributed by atoms with Gasteiger partial charge in [0.1, 0.15) is 6.10 Å². The van der Waals surface area contributed by atoms with Crippen molar-refractivity contribution in [1.82, 2.24) is 0 Å². The Morgan fingerprint density at radius 1 is 1.44 bits per heavy atom. The van der Waals surface area contributed by atoms with Gasteiger partial charge in [-0.05, 0) is 30.9 Å². The van der Waals surface area contributed by atoms with Gasteiger partial charge >= 0.3 is 5.97 Å². The summed E-state index contributed by atoms with van der Waals surface area (Å²) >= 11 is 0. The molecule has 1 saturated carbocycles. The molecule has 0 amide bonds. The Balaban J connectivity index is 1.99. The van der Waals surface area contributed by atoms with Crippen LogP contribution in [0.3, 0.4) is 0 Å². The van der Waals surface area contributed by atoms with E-state index in [0.717, 1.165) is 0 Å². The lowest BCUT2D eigenvalue weighted by atomic mass is 9.78. The van der Waals surface area contributed by atoms with Gasteiger partial charge in [-0.25, -0.2) is 4.79 Å². The first-order valence-corrected chi connectivity index (χ1v) is 6.28. The maximum Gasteiger partial charge on any atom is 0.334 e. The van der Waals surface area contributed by atoms with E-state index in [1.54, 1.807) is 6.08 Å². The zero-order chi connectivity index (χ0) is 13.1. The molecule has 5 atom stereocenters. The molecule has 4 nitrogen and oxygen atoms in total. The van der Waals surface area contributed by atoms with Crippen LogP contribution >= 0.6 is 0 Å². The average molecular weight is 248 g/mol. The van der Waals surface area contributed by atoms with E-state index >= 15 is 0 Å². The number of esters is 1. The molecule has 18 heavy (non-hydrogen) atoms. The molecule has 0 aromatic rings. The molecule has 96 valence electrons. The molecule has 3 aliphatic rings. The van der Waals surface area contributed by atoms with Gasteiger partial charge in [-0.15, -0.1) is 0 Å². The van der Waals surface area contributed by atoms with E-state index in [2.05, 4.69) is 6.58 Å². The van der Waals surface area contributed by atoms with Crippen LogP contribution in [0.1, 0.15) is 19.8 Å². The molecule has 1 N–H and O–H groups in total. The fourth-order valence-electron chi connectivity index (χ4n) is 3.46. The zero-order valence-corrected chi connectivity index (χ0v) is 10.3. The summed E-state index contributed by atoms with van der Waals surface area (Å²) in [7, 11) is 0. The van der Waals surface area contributed by atoms with E-state index in [9.17, 15) is 14.7 Å². The van der Waals surface area contributed by atoms with Gasteiger partial charge in [-0.3, -0.25) is 4.79 Å². The maximum absolute atomic E-state index is 11.9. The number of allylic oxidation sites excluding steroid dienone is 1. The number of hydrogen-bond donors (Lipinski definition) is 1. The molecule has 0 aromatic heterocycles. The van der Waals surface area contributed by atoms with E-state index in [4.69, 9.17) is 4.74 Å². The highest BCUT2D eigenvalue weighted by Crippen LogP contribution is 2.48. The Hall–Kier alpha value is -1.42. The van der Waals surface area contributed by atoms with Crippen LogP contribution in [0.25, 0.3) is 0 Å². The van der Waals surface area contributed by atoms with E-state index in [-0.39, 0.29) is 29.7 Å². The number of ketones is 1. The minimum atomic E-state index is -1.09. The lowest BCUT2D eigenvalue weighted by molar-refractivity contribution is -0.140. The number of carbonyl (C=O) groups excluding carboxylic acids is 2. The van der Waals surface area contributed by atoms with Gasteiger partial charge in [0.05, 0.1) is 11.5 Å². The Morgan fingerprint density at radius 3 is 2.89 bits per heavy atom. The van der Waals surface area contributed by atoms with Crippen LogP contribution in [0.4, 0.5) is 0 Å². The highest BCUT2D eigenvalue weighted by atomic mass is 16.6. The largest absolute Gasteiger partial charge is 0.458 e. The van der Waals surface area contributed by atoms with E-state index in [1.807, 2.05) is 6.92 Å². The summed E-state index contributed by atoms with van der Waals surface area (Å²) < 4.78 is 5.29. The van der Waals surface area contributed by atoms with E-state index in [1.165, 1.54) is 6.08 Å². The van der Waals surface area contributed by atoms with Crippen molar-refractivity contribution in [3.63, 3.8) is 0 Å². The normalized spacial score (nSPS) is 46.7. The summed E-state index contributed by atoms with van der Waals surface area (Å²) in [6.45, 7) is 5.66. The van der Waals surface area contributed by atoms with Crippen molar-refractivity contribution in [2.75, 3.05) is 0 Å². The fraction of sp³-hybridized carbons (Fsp3) is 0.571. The van der Waals surface area contributed by atoms with Gasteiger partial charge in [0.2, 0.25) is 0 Å². The Kier molecular flexibility index (Phi) is 2.29. The number of aliphatic hydroxyl groups is 1. The summed E-state index contributed by atoms with van der Waals surface area (Å²) in [6, 6.07) is 0. The Morgan fingerprint density at radius 2 is 2.17 bits per heavy atom. The number of carbonyl (C=O) groups is 2. The average Bonchev–Trinajstić information content (AvgIpc) is 2.71. The molecule has 0 radical (unpaired) electrons. The minimum Gasteiger partial charge on any atom is -0.458 e. The lowest BCUT2D eigenvalue weighted by Gasteiger charge is -2.32. The standard InChI is InChI=1S/C14H16O4/c1-7-5-12-9(8(2)13(16)18-12)6-10-11(15)3-4-14(7,10)17/h3-4,7,9-10,12,17H,2,5-6H2,1H3/t7-,9-,10+,12-,14+/m1/s1. The van der Waals surface area contributed by atoms with Crippen molar-refractivity contribution in [2.45, 2.75) is 31.5 Å². The number of hydrogen-bond acceptors (Lipinski definition) is 4. The third-order valence-corrected chi connectivity index (χ3v) is 4.70. The number of ether oxygens (including phenoxy) is 1. The van der Waals surface area contributed by atoms with Gasteiger partial charge in [-0.1, -0.05) is 13.5 Å². The summed E-state index contributed by atoms with van der Waals surface area (Å²) in [6.07, 6.45) is 3.84. The molecule has 2 aliphatic carbocycles. The predicted octanol–water partition coefficient (Wildman–Crippen LogP) is 1.00. The predicted molar refractivity (Wildman–Crippen MR) is 63.5 cm³/mol. The Bertz CT molecular complexity index is 478. The molecule has 1 heterocycles. The summed E-state index contributed by atoms with van der Waals surface area (Å²) in [5, 5.41) is 10.7. The van der Waals surface area contributed by atoms with E-state index in [0.29, 0.717) is 18.4 Å². The third kappa shape index (κ3) is 1.35. The van der Waals surface area contributed by atoms with Gasteiger partial charge in [0.25, 0.3) is 0 Å². The number of rotatable bonds is 0. The Labute approximate surface area is 105 Å². The molecule has 0 unspecified atom stereocenters. The van der Waals surface area contributed by atoms with Crippen molar-refractivity contribution in [3.05, 3.63) is 24.3 Å². The molecule has 0 spiro atoms. The van der Waals surface area contributed by atoms with Gasteiger partial charge < -0.3 is 9.84 Å². The van der Waals surface area contributed by atoms with Crippen molar-refractivity contribution in [3.8, 4) is 0 Å². The van der Waals surface area contributed by atoms with Crippen LogP contribution in [0.15, 0.2) is 24.3 Å². The second-order valence-electron chi connectivity index (χ2n) is 5.62. The fourth-order valence-corrected chi connectivity index (χ4v) is 3.46. The first kappa shape index (κ1) is 11.7. The third-order valence-electron chi connectivity index (χ3n) is 4.70. The van der Waals surface area contributed by atoms with Crippen LogP contribution < -0.4 is 0 Å². The SMILES string of the molecule is C=C1C(=O)O[C@@H]2C[C@@H](C)[C@@]3(O)C=CC(=O)[C@@H]3C[C@H]12. The van der Waals surface area contributed by atoms with Crippen molar-refractivity contribution in [1.29, 1.82) is 0 Å². The molecule has 1 aliphatic heterocycles. The van der Waals surface area contributed by atoms with Crippen LogP contribution in [0, 0.1) is 17.8 Å². The maximum atomic E-state index is 11.9. The number of fused-ring (bicyclic) bond motifs is 2.